The zero-order valence-corrected chi connectivity index (χ0v) is 10.5. The summed E-state index contributed by atoms with van der Waals surface area (Å²) in [5.74, 6) is -1.38. The number of hydrogen-bond donors (Lipinski definition) is 2. The first kappa shape index (κ1) is 13.8. The van der Waals surface area contributed by atoms with Crippen molar-refractivity contribution in [2.45, 2.75) is 19.9 Å². The molecule has 98 valence electrons. The molecular weight excluding hydrogens is 224 g/mol. The van der Waals surface area contributed by atoms with E-state index in [2.05, 4.69) is 0 Å². The van der Waals surface area contributed by atoms with E-state index in [-0.39, 0.29) is 31.1 Å². The average molecular weight is 244 g/mol. The first-order valence-electron chi connectivity index (χ1n) is 5.73. The van der Waals surface area contributed by atoms with E-state index in [4.69, 9.17) is 10.2 Å². The van der Waals surface area contributed by atoms with Crippen LogP contribution in [0.4, 0.5) is 4.79 Å². The highest BCUT2D eigenvalue weighted by Gasteiger charge is 2.38. The van der Waals surface area contributed by atoms with Gasteiger partial charge in [0, 0.05) is 20.1 Å². The number of carbonyl (C=O) groups excluding carboxylic acids is 1. The molecule has 0 aromatic carbocycles. The zero-order valence-electron chi connectivity index (χ0n) is 10.5. The molecule has 1 aliphatic rings. The summed E-state index contributed by atoms with van der Waals surface area (Å²) in [5.41, 5.74) is 0. The van der Waals surface area contributed by atoms with Crippen molar-refractivity contribution in [2.75, 3.05) is 26.7 Å². The van der Waals surface area contributed by atoms with Crippen molar-refractivity contribution in [1.82, 2.24) is 9.80 Å². The van der Waals surface area contributed by atoms with Gasteiger partial charge in [-0.05, 0) is 12.8 Å². The second kappa shape index (κ2) is 5.35. The van der Waals surface area contributed by atoms with E-state index in [1.54, 1.807) is 14.0 Å². The number of rotatable bonds is 3. The Kier molecular flexibility index (Phi) is 4.34. The molecule has 1 saturated heterocycles. The van der Waals surface area contributed by atoms with Gasteiger partial charge in [0.25, 0.3) is 0 Å². The maximum absolute atomic E-state index is 12.0. The number of amides is 2. The summed E-state index contributed by atoms with van der Waals surface area (Å²) in [6, 6.07) is -0.483. The Balaban J connectivity index is 2.64. The van der Waals surface area contributed by atoms with Crippen LogP contribution in [0.3, 0.4) is 0 Å². The molecule has 0 aromatic rings. The van der Waals surface area contributed by atoms with Gasteiger partial charge in [-0.3, -0.25) is 4.79 Å². The van der Waals surface area contributed by atoms with Crippen molar-refractivity contribution in [3.63, 3.8) is 0 Å². The third-order valence-corrected chi connectivity index (χ3v) is 3.43. The van der Waals surface area contributed by atoms with Crippen LogP contribution in [0.25, 0.3) is 0 Å². The molecule has 6 nitrogen and oxygen atoms in total. The van der Waals surface area contributed by atoms with Gasteiger partial charge in [-0.2, -0.15) is 0 Å². The van der Waals surface area contributed by atoms with Crippen LogP contribution >= 0.6 is 0 Å². The number of likely N-dealkylation sites (tertiary alicyclic amines) is 1. The highest BCUT2D eigenvalue weighted by Crippen LogP contribution is 2.24. The molecule has 1 heterocycles. The van der Waals surface area contributed by atoms with Gasteiger partial charge in [-0.1, -0.05) is 6.92 Å². The Morgan fingerprint density at radius 3 is 2.47 bits per heavy atom. The Hall–Kier alpha value is -1.30. The predicted octanol–water partition coefficient (Wildman–Crippen LogP) is 0.0715. The number of urea groups is 1. The highest BCUT2D eigenvalue weighted by molar-refractivity contribution is 5.77. The minimum atomic E-state index is -0.856. The largest absolute Gasteiger partial charge is 0.481 e. The van der Waals surface area contributed by atoms with Gasteiger partial charge < -0.3 is 20.0 Å². The van der Waals surface area contributed by atoms with Crippen LogP contribution in [0, 0.1) is 11.8 Å². The molecule has 2 N–H and O–H groups in total. The van der Waals surface area contributed by atoms with Gasteiger partial charge in [-0.25, -0.2) is 4.79 Å². The van der Waals surface area contributed by atoms with Gasteiger partial charge in [0.15, 0.2) is 0 Å². The molecule has 1 rings (SSSR count). The smallest absolute Gasteiger partial charge is 0.320 e. The lowest BCUT2D eigenvalue weighted by molar-refractivity contribution is -0.142. The minimum Gasteiger partial charge on any atom is -0.481 e. The lowest BCUT2D eigenvalue weighted by Gasteiger charge is -2.28. The van der Waals surface area contributed by atoms with Crippen LogP contribution in [0.2, 0.25) is 0 Å². The van der Waals surface area contributed by atoms with Gasteiger partial charge >= 0.3 is 12.0 Å². The van der Waals surface area contributed by atoms with Crippen LogP contribution < -0.4 is 0 Å². The van der Waals surface area contributed by atoms with Gasteiger partial charge in [0.1, 0.15) is 0 Å². The normalized spacial score (nSPS) is 25.8. The van der Waals surface area contributed by atoms with Crippen LogP contribution in [-0.2, 0) is 4.79 Å². The van der Waals surface area contributed by atoms with Crippen LogP contribution in [-0.4, -0.2) is 64.8 Å². The molecule has 3 atom stereocenters. The average Bonchev–Trinajstić information content (AvgIpc) is 2.68. The van der Waals surface area contributed by atoms with E-state index < -0.39 is 11.9 Å². The van der Waals surface area contributed by atoms with Crippen molar-refractivity contribution < 1.29 is 19.8 Å². The van der Waals surface area contributed by atoms with E-state index in [1.165, 1.54) is 9.80 Å². The molecule has 2 amide bonds. The predicted molar refractivity (Wildman–Crippen MR) is 61.6 cm³/mol. The van der Waals surface area contributed by atoms with Gasteiger partial charge in [0.2, 0.25) is 0 Å². The first-order valence-corrected chi connectivity index (χ1v) is 5.73. The van der Waals surface area contributed by atoms with Gasteiger partial charge in [-0.15, -0.1) is 0 Å². The lowest BCUT2D eigenvalue weighted by atomic mass is 9.99. The second-order valence-corrected chi connectivity index (χ2v) is 4.75. The number of aliphatic carboxylic acids is 1. The van der Waals surface area contributed by atoms with E-state index in [9.17, 15) is 9.59 Å². The first-order chi connectivity index (χ1) is 7.88. The monoisotopic (exact) mass is 244 g/mol. The zero-order chi connectivity index (χ0) is 13.2. The lowest BCUT2D eigenvalue weighted by Crippen LogP contribution is -2.45. The molecule has 0 spiro atoms. The maximum atomic E-state index is 12.0. The fourth-order valence-corrected chi connectivity index (χ4v) is 1.98. The summed E-state index contributed by atoms with van der Waals surface area (Å²) in [6.07, 6.45) is 0. The number of nitrogens with zero attached hydrogens (tertiary/aromatic N) is 2. The Bertz CT molecular complexity index is 308. The van der Waals surface area contributed by atoms with Crippen molar-refractivity contribution in [1.29, 1.82) is 0 Å². The van der Waals surface area contributed by atoms with Crippen LogP contribution in [0.5, 0.6) is 0 Å². The highest BCUT2D eigenvalue weighted by atomic mass is 16.4. The Morgan fingerprint density at radius 1 is 1.47 bits per heavy atom. The third-order valence-electron chi connectivity index (χ3n) is 3.43. The number of carboxylic acids is 1. The molecule has 0 aromatic heterocycles. The van der Waals surface area contributed by atoms with Crippen LogP contribution in [0.15, 0.2) is 0 Å². The summed E-state index contributed by atoms with van der Waals surface area (Å²) in [4.78, 5) is 25.9. The van der Waals surface area contributed by atoms with Crippen molar-refractivity contribution >= 4 is 12.0 Å². The molecule has 0 saturated carbocycles. The standard InChI is InChI=1S/C11H20N2O4/c1-7-4-13(5-9(7)10(15)16)11(17)12(3)8(2)6-14/h7-9,14H,4-6H2,1-3H3,(H,15,16)/t7-,8?,9-/m1/s1. The third kappa shape index (κ3) is 2.88. The molecule has 1 unspecified atom stereocenters. The van der Waals surface area contributed by atoms with E-state index in [1.807, 2.05) is 6.92 Å². The summed E-state index contributed by atoms with van der Waals surface area (Å²) < 4.78 is 0. The topological polar surface area (TPSA) is 81.1 Å². The number of aliphatic hydroxyl groups is 1. The fraction of sp³-hybridized carbons (Fsp3) is 0.818. The molecule has 0 radical (unpaired) electrons. The molecule has 1 aliphatic heterocycles. The second-order valence-electron chi connectivity index (χ2n) is 4.75. The maximum Gasteiger partial charge on any atom is 0.320 e. The summed E-state index contributed by atoms with van der Waals surface area (Å²) >= 11 is 0. The Labute approximate surface area is 101 Å². The molecule has 17 heavy (non-hydrogen) atoms. The fourth-order valence-electron chi connectivity index (χ4n) is 1.98. The minimum absolute atomic E-state index is 0.0331. The number of carbonyl (C=O) groups is 2. The van der Waals surface area contributed by atoms with Gasteiger partial charge in [0.05, 0.1) is 18.6 Å². The summed E-state index contributed by atoms with van der Waals surface area (Å²) in [7, 11) is 1.61. The number of carboxylic acid groups (broad SMARTS) is 1. The molecule has 6 heteroatoms. The molecule has 0 bridgehead atoms. The molecule has 0 aliphatic carbocycles. The summed E-state index contributed by atoms with van der Waals surface area (Å²) in [6.45, 7) is 4.18. The number of likely N-dealkylation sites (N-methyl/N-ethyl adjacent to an activating group) is 1. The molecule has 1 fully saturated rings. The number of hydrogen-bond acceptors (Lipinski definition) is 3. The summed E-state index contributed by atoms with van der Waals surface area (Å²) in [5, 5.41) is 18.0. The SMILES string of the molecule is CC(CO)N(C)C(=O)N1C[C@@H](C)[C@H](C(=O)O)C1. The van der Waals surface area contributed by atoms with Crippen molar-refractivity contribution in [3.8, 4) is 0 Å². The van der Waals surface area contributed by atoms with E-state index in [0.29, 0.717) is 6.54 Å². The van der Waals surface area contributed by atoms with E-state index >= 15 is 0 Å². The quantitative estimate of drug-likeness (QED) is 0.736. The number of aliphatic hydroxyl groups excluding tert-OH is 1. The van der Waals surface area contributed by atoms with Crippen molar-refractivity contribution in [3.05, 3.63) is 0 Å². The van der Waals surface area contributed by atoms with Crippen molar-refractivity contribution in [2.24, 2.45) is 11.8 Å². The Morgan fingerprint density at radius 2 is 2.06 bits per heavy atom. The van der Waals surface area contributed by atoms with E-state index in [0.717, 1.165) is 0 Å². The van der Waals surface area contributed by atoms with Crippen LogP contribution in [0.1, 0.15) is 13.8 Å². The molecular formula is C11H20N2O4.